The second-order valence-electron chi connectivity index (χ2n) is 6.79. The topological polar surface area (TPSA) is 58.2 Å². The second-order valence-corrected chi connectivity index (χ2v) is 7.95. The number of likely N-dealkylation sites (tertiary alicyclic amines) is 1. The van der Waals surface area contributed by atoms with Crippen molar-refractivity contribution in [1.82, 2.24) is 14.9 Å². The number of nitrogens with zero attached hydrogens (tertiary/aromatic N) is 2. The van der Waals surface area contributed by atoms with Crippen LogP contribution in [0.5, 0.6) is 0 Å². The first-order valence-electron chi connectivity index (χ1n) is 7.15. The Morgan fingerprint density at radius 1 is 1.57 bits per heavy atom. The van der Waals surface area contributed by atoms with Gasteiger partial charge in [0.15, 0.2) is 0 Å². The second kappa shape index (κ2) is 5.00. The molecule has 21 heavy (non-hydrogen) atoms. The van der Waals surface area contributed by atoms with Crippen LogP contribution in [-0.4, -0.2) is 32.6 Å². The van der Waals surface area contributed by atoms with Crippen molar-refractivity contribution >= 4 is 28.7 Å². The summed E-state index contributed by atoms with van der Waals surface area (Å²) in [6.07, 6.45) is 3.29. The number of amides is 1. The predicted octanol–water partition coefficient (Wildman–Crippen LogP) is 3.64. The summed E-state index contributed by atoms with van der Waals surface area (Å²) in [6, 6.07) is 0.165. The third-order valence-electron chi connectivity index (χ3n) is 4.11. The molecule has 0 bridgehead atoms. The number of H-pyrrole nitrogens is 1. The molecule has 1 aromatic heterocycles. The van der Waals surface area contributed by atoms with E-state index in [1.54, 1.807) is 6.20 Å². The Morgan fingerprint density at radius 3 is 2.81 bits per heavy atom. The zero-order chi connectivity index (χ0) is 15.4. The van der Waals surface area contributed by atoms with Crippen LogP contribution in [0.4, 0.5) is 4.79 Å². The van der Waals surface area contributed by atoms with Gasteiger partial charge in [-0.05, 0) is 56.2 Å². The van der Waals surface area contributed by atoms with E-state index in [2.05, 4.69) is 39.1 Å². The fraction of sp³-hybridized carbons (Fsp3) is 0.600. The monoisotopic (exact) mass is 401 g/mol. The molecule has 0 aromatic carbocycles. The standard InChI is InChI=1S/C15H20IN3O2/c1-8-5-10-9(8)6-11(13-17-7-12(16)18-13)19(10)14(20)21-15(2,3)4/h7,9-11H,1,5-6H2,2-4H3,(H,17,18)/t9-,10+,11-/m0/s1. The molecule has 0 radical (unpaired) electrons. The van der Waals surface area contributed by atoms with Crippen LogP contribution >= 0.6 is 22.6 Å². The number of carbonyl (C=O) groups excluding carboxylic acids is 1. The molecule has 1 aromatic rings. The van der Waals surface area contributed by atoms with Gasteiger partial charge in [-0.15, -0.1) is 0 Å². The van der Waals surface area contributed by atoms with Crippen LogP contribution in [0.3, 0.4) is 0 Å². The zero-order valence-corrected chi connectivity index (χ0v) is 14.7. The number of ether oxygens (including phenoxy) is 1. The lowest BCUT2D eigenvalue weighted by molar-refractivity contribution is 0.00950. The Morgan fingerprint density at radius 2 is 2.29 bits per heavy atom. The molecule has 1 aliphatic carbocycles. The molecule has 3 rings (SSSR count). The maximum absolute atomic E-state index is 12.6. The number of hydrogen-bond donors (Lipinski definition) is 1. The lowest BCUT2D eigenvalue weighted by Crippen LogP contribution is -2.46. The van der Waals surface area contributed by atoms with Crippen molar-refractivity contribution in [2.45, 2.75) is 51.3 Å². The molecule has 1 aliphatic heterocycles. The van der Waals surface area contributed by atoms with Gasteiger partial charge in [0.25, 0.3) is 0 Å². The average Bonchev–Trinajstić information content (AvgIpc) is 2.88. The van der Waals surface area contributed by atoms with Crippen molar-refractivity contribution in [2.75, 3.05) is 0 Å². The van der Waals surface area contributed by atoms with E-state index in [9.17, 15) is 4.79 Å². The van der Waals surface area contributed by atoms with Crippen molar-refractivity contribution in [3.63, 3.8) is 0 Å². The fourth-order valence-corrected chi connectivity index (χ4v) is 3.59. The number of carbonyl (C=O) groups is 1. The highest BCUT2D eigenvalue weighted by atomic mass is 127. The van der Waals surface area contributed by atoms with Crippen LogP contribution in [0.1, 0.15) is 45.5 Å². The molecule has 2 aliphatic rings. The van der Waals surface area contributed by atoms with Gasteiger partial charge in [0, 0.05) is 12.0 Å². The van der Waals surface area contributed by atoms with E-state index < -0.39 is 5.60 Å². The van der Waals surface area contributed by atoms with E-state index in [-0.39, 0.29) is 18.2 Å². The van der Waals surface area contributed by atoms with Crippen LogP contribution < -0.4 is 0 Å². The van der Waals surface area contributed by atoms with Gasteiger partial charge < -0.3 is 9.72 Å². The van der Waals surface area contributed by atoms with Crippen molar-refractivity contribution < 1.29 is 9.53 Å². The van der Waals surface area contributed by atoms with Crippen LogP contribution in [-0.2, 0) is 4.74 Å². The minimum absolute atomic E-state index is 0.0439. The van der Waals surface area contributed by atoms with Gasteiger partial charge in [-0.1, -0.05) is 12.2 Å². The Labute approximate surface area is 138 Å². The Bertz CT molecular complexity index is 590. The lowest BCUT2D eigenvalue weighted by Gasteiger charge is -2.39. The van der Waals surface area contributed by atoms with Gasteiger partial charge in [0.05, 0.1) is 15.9 Å². The van der Waals surface area contributed by atoms with E-state index in [4.69, 9.17) is 4.74 Å². The molecular formula is C15H20IN3O2. The van der Waals surface area contributed by atoms with Crippen molar-refractivity contribution in [2.24, 2.45) is 5.92 Å². The molecule has 1 amide bonds. The summed E-state index contributed by atoms with van der Waals surface area (Å²) in [5.41, 5.74) is 0.746. The van der Waals surface area contributed by atoms with Crippen LogP contribution in [0.15, 0.2) is 18.3 Å². The largest absolute Gasteiger partial charge is 0.444 e. The number of aromatic nitrogens is 2. The lowest BCUT2D eigenvalue weighted by atomic mass is 9.75. The van der Waals surface area contributed by atoms with E-state index in [1.165, 1.54) is 5.57 Å². The first-order chi connectivity index (χ1) is 9.76. The SMILES string of the molecule is C=C1C[C@@H]2[C@H]1C[C@@H](c1ncc(I)[nH]1)N2C(=O)OC(C)(C)C. The van der Waals surface area contributed by atoms with Gasteiger partial charge in [-0.3, -0.25) is 4.90 Å². The molecule has 1 saturated carbocycles. The summed E-state index contributed by atoms with van der Waals surface area (Å²) in [5, 5.41) is 0. The predicted molar refractivity (Wildman–Crippen MR) is 87.8 cm³/mol. The van der Waals surface area contributed by atoms with Gasteiger partial charge in [-0.25, -0.2) is 9.78 Å². The summed E-state index contributed by atoms with van der Waals surface area (Å²) < 4.78 is 6.56. The highest BCUT2D eigenvalue weighted by Crippen LogP contribution is 2.51. The molecule has 6 heteroatoms. The summed E-state index contributed by atoms with van der Waals surface area (Å²) >= 11 is 2.19. The first-order valence-corrected chi connectivity index (χ1v) is 8.23. The maximum Gasteiger partial charge on any atom is 0.411 e. The molecule has 1 saturated heterocycles. The Kier molecular flexibility index (Phi) is 3.54. The van der Waals surface area contributed by atoms with Crippen LogP contribution in [0.25, 0.3) is 0 Å². The minimum Gasteiger partial charge on any atom is -0.444 e. The van der Waals surface area contributed by atoms with E-state index in [1.807, 2.05) is 25.7 Å². The van der Waals surface area contributed by atoms with Gasteiger partial charge in [0.1, 0.15) is 11.4 Å². The summed E-state index contributed by atoms with van der Waals surface area (Å²) in [6.45, 7) is 9.77. The number of aromatic amines is 1. The number of fused-ring (bicyclic) bond motifs is 1. The first kappa shape index (κ1) is 14.9. The van der Waals surface area contributed by atoms with Crippen LogP contribution in [0, 0.1) is 9.62 Å². The maximum atomic E-state index is 12.6. The molecule has 0 spiro atoms. The van der Waals surface area contributed by atoms with Crippen molar-refractivity contribution in [1.29, 1.82) is 0 Å². The van der Waals surface area contributed by atoms with E-state index >= 15 is 0 Å². The Hall–Kier alpha value is -1.05. The van der Waals surface area contributed by atoms with E-state index in [0.717, 1.165) is 22.4 Å². The summed E-state index contributed by atoms with van der Waals surface area (Å²) in [5.74, 6) is 1.22. The van der Waals surface area contributed by atoms with Gasteiger partial charge in [0.2, 0.25) is 0 Å². The number of rotatable bonds is 1. The summed E-state index contributed by atoms with van der Waals surface area (Å²) in [4.78, 5) is 22.1. The normalized spacial score (nSPS) is 28.3. The van der Waals surface area contributed by atoms with Crippen molar-refractivity contribution in [3.8, 4) is 0 Å². The fourth-order valence-electron chi connectivity index (χ4n) is 3.18. The number of halogens is 1. The molecule has 1 N–H and O–H groups in total. The molecule has 2 heterocycles. The highest BCUT2D eigenvalue weighted by Gasteiger charge is 2.53. The summed E-state index contributed by atoms with van der Waals surface area (Å²) in [7, 11) is 0. The van der Waals surface area contributed by atoms with Crippen molar-refractivity contribution in [3.05, 3.63) is 27.9 Å². The average molecular weight is 401 g/mol. The molecule has 2 fully saturated rings. The van der Waals surface area contributed by atoms with Gasteiger partial charge in [-0.2, -0.15) is 0 Å². The number of hydrogen-bond acceptors (Lipinski definition) is 3. The molecular weight excluding hydrogens is 381 g/mol. The molecule has 3 atom stereocenters. The minimum atomic E-state index is -0.488. The molecule has 114 valence electrons. The highest BCUT2D eigenvalue weighted by molar-refractivity contribution is 14.1. The third kappa shape index (κ3) is 2.69. The Balaban J connectivity index is 1.87. The molecule has 5 nitrogen and oxygen atoms in total. The van der Waals surface area contributed by atoms with E-state index in [0.29, 0.717) is 5.92 Å². The quantitative estimate of drug-likeness (QED) is 0.578. The van der Waals surface area contributed by atoms with Gasteiger partial charge >= 0.3 is 6.09 Å². The smallest absolute Gasteiger partial charge is 0.411 e. The number of nitrogens with one attached hydrogen (secondary N) is 1. The zero-order valence-electron chi connectivity index (χ0n) is 12.5. The third-order valence-corrected chi connectivity index (χ3v) is 4.66. The van der Waals surface area contributed by atoms with Crippen LogP contribution in [0.2, 0.25) is 0 Å². The number of imidazole rings is 1. The molecule has 0 unspecified atom stereocenters.